The van der Waals surface area contributed by atoms with Gasteiger partial charge in [-0.05, 0) is 31.4 Å². The summed E-state index contributed by atoms with van der Waals surface area (Å²) in [6.45, 7) is 6.03. The Morgan fingerprint density at radius 2 is 2.25 bits per heavy atom. The Labute approximate surface area is 95.7 Å². The van der Waals surface area contributed by atoms with Crippen molar-refractivity contribution < 1.29 is 9.90 Å². The van der Waals surface area contributed by atoms with Crippen molar-refractivity contribution in [1.82, 2.24) is 10.3 Å². The molecule has 1 rings (SSSR count). The van der Waals surface area contributed by atoms with Gasteiger partial charge in [0.2, 0.25) is 0 Å². The van der Waals surface area contributed by atoms with Crippen molar-refractivity contribution in [3.63, 3.8) is 0 Å². The van der Waals surface area contributed by atoms with E-state index < -0.39 is 11.5 Å². The number of carboxylic acid groups (broad SMARTS) is 1. The number of carbonyl (C=O) groups is 1. The second kappa shape index (κ2) is 5.07. The molecule has 16 heavy (non-hydrogen) atoms. The number of pyridine rings is 1. The fourth-order valence-electron chi connectivity index (χ4n) is 1.36. The molecule has 0 aliphatic carbocycles. The van der Waals surface area contributed by atoms with E-state index >= 15 is 0 Å². The van der Waals surface area contributed by atoms with Crippen molar-refractivity contribution in [1.29, 1.82) is 0 Å². The van der Waals surface area contributed by atoms with Gasteiger partial charge in [-0.1, -0.05) is 13.0 Å². The molecule has 0 radical (unpaired) electrons. The summed E-state index contributed by atoms with van der Waals surface area (Å²) in [5.74, 6) is -0.824. The summed E-state index contributed by atoms with van der Waals surface area (Å²) in [6, 6.07) is 2.00. The number of aliphatic carboxylic acids is 1. The van der Waals surface area contributed by atoms with Crippen molar-refractivity contribution in [3.8, 4) is 0 Å². The third kappa shape index (κ3) is 3.03. The zero-order valence-electron chi connectivity index (χ0n) is 9.95. The van der Waals surface area contributed by atoms with E-state index in [-0.39, 0.29) is 0 Å². The van der Waals surface area contributed by atoms with E-state index in [4.69, 9.17) is 5.11 Å². The van der Waals surface area contributed by atoms with Gasteiger partial charge < -0.3 is 5.11 Å². The number of nitrogens with zero attached hydrogens (tertiary/aromatic N) is 1. The summed E-state index contributed by atoms with van der Waals surface area (Å²) < 4.78 is 0. The normalized spacial score (nSPS) is 14.4. The quantitative estimate of drug-likeness (QED) is 0.796. The number of aromatic nitrogens is 1. The number of hydrogen-bond acceptors (Lipinski definition) is 3. The average Bonchev–Trinajstić information content (AvgIpc) is 2.26. The van der Waals surface area contributed by atoms with Crippen molar-refractivity contribution in [2.75, 3.05) is 0 Å². The molecule has 0 bridgehead atoms. The Bertz CT molecular complexity index is 379. The molecule has 1 aromatic rings. The maximum absolute atomic E-state index is 11.1. The molecule has 0 aliphatic heterocycles. The van der Waals surface area contributed by atoms with Gasteiger partial charge in [-0.25, -0.2) is 0 Å². The van der Waals surface area contributed by atoms with E-state index in [1.54, 1.807) is 19.3 Å². The standard InChI is InChI=1S/C12H18N2O2/c1-4-12(3,11(15)16)14-8-10-5-9(2)6-13-7-10/h5-7,14H,4,8H2,1-3H3,(H,15,16). The van der Waals surface area contributed by atoms with Crippen LogP contribution in [-0.4, -0.2) is 21.6 Å². The molecule has 0 saturated heterocycles. The number of nitrogens with one attached hydrogen (secondary N) is 1. The SMILES string of the molecule is CCC(C)(NCc1cncc(C)c1)C(=O)O. The van der Waals surface area contributed by atoms with Crippen LogP contribution in [0.15, 0.2) is 18.5 Å². The van der Waals surface area contributed by atoms with Crippen LogP contribution in [-0.2, 0) is 11.3 Å². The van der Waals surface area contributed by atoms with Crippen molar-refractivity contribution >= 4 is 5.97 Å². The Morgan fingerprint density at radius 1 is 1.56 bits per heavy atom. The zero-order valence-corrected chi connectivity index (χ0v) is 9.95. The first-order valence-corrected chi connectivity index (χ1v) is 5.37. The predicted molar refractivity (Wildman–Crippen MR) is 62.1 cm³/mol. The van der Waals surface area contributed by atoms with Crippen LogP contribution in [0.4, 0.5) is 0 Å². The second-order valence-corrected chi connectivity index (χ2v) is 4.21. The van der Waals surface area contributed by atoms with Crippen LogP contribution < -0.4 is 5.32 Å². The minimum absolute atomic E-state index is 0.519. The van der Waals surface area contributed by atoms with Crippen LogP contribution in [0.3, 0.4) is 0 Å². The average molecular weight is 222 g/mol. The molecule has 0 spiro atoms. The molecular formula is C12H18N2O2. The number of aryl methyl sites for hydroxylation is 1. The van der Waals surface area contributed by atoms with Crippen LogP contribution in [0.1, 0.15) is 31.4 Å². The maximum Gasteiger partial charge on any atom is 0.323 e. The van der Waals surface area contributed by atoms with Gasteiger partial charge in [0.15, 0.2) is 0 Å². The summed E-state index contributed by atoms with van der Waals surface area (Å²) in [5, 5.41) is 12.1. The molecule has 1 heterocycles. The molecule has 88 valence electrons. The van der Waals surface area contributed by atoms with Gasteiger partial charge in [0, 0.05) is 18.9 Å². The Kier molecular flexibility index (Phi) is 4.01. The first-order valence-electron chi connectivity index (χ1n) is 5.37. The van der Waals surface area contributed by atoms with Gasteiger partial charge in [-0.15, -0.1) is 0 Å². The maximum atomic E-state index is 11.1. The first kappa shape index (κ1) is 12.6. The molecular weight excluding hydrogens is 204 g/mol. The molecule has 0 aromatic carbocycles. The first-order chi connectivity index (χ1) is 7.48. The van der Waals surface area contributed by atoms with E-state index in [2.05, 4.69) is 10.3 Å². The molecule has 4 heteroatoms. The molecule has 0 saturated carbocycles. The van der Waals surface area contributed by atoms with Gasteiger partial charge in [-0.2, -0.15) is 0 Å². The molecule has 0 fully saturated rings. The monoisotopic (exact) mass is 222 g/mol. The lowest BCUT2D eigenvalue weighted by Crippen LogP contribution is -2.48. The van der Waals surface area contributed by atoms with E-state index in [1.165, 1.54) is 0 Å². The summed E-state index contributed by atoms with van der Waals surface area (Å²) in [4.78, 5) is 15.1. The minimum atomic E-state index is -0.871. The predicted octanol–water partition coefficient (Wildman–Crippen LogP) is 1.73. The summed E-state index contributed by atoms with van der Waals surface area (Å²) in [5.41, 5.74) is 1.21. The molecule has 0 amide bonds. The fraction of sp³-hybridized carbons (Fsp3) is 0.500. The molecule has 0 aliphatic rings. The molecule has 1 atom stereocenters. The van der Waals surface area contributed by atoms with Crippen molar-refractivity contribution in [2.45, 2.75) is 39.3 Å². The van der Waals surface area contributed by atoms with Gasteiger partial charge in [0.25, 0.3) is 0 Å². The van der Waals surface area contributed by atoms with E-state index in [0.717, 1.165) is 11.1 Å². The highest BCUT2D eigenvalue weighted by Gasteiger charge is 2.29. The number of carboxylic acids is 1. The van der Waals surface area contributed by atoms with Gasteiger partial charge in [0.1, 0.15) is 5.54 Å². The topological polar surface area (TPSA) is 62.2 Å². The minimum Gasteiger partial charge on any atom is -0.480 e. The van der Waals surface area contributed by atoms with Crippen LogP contribution in [0.5, 0.6) is 0 Å². The van der Waals surface area contributed by atoms with Crippen LogP contribution in [0.25, 0.3) is 0 Å². The Balaban J connectivity index is 2.66. The lowest BCUT2D eigenvalue weighted by molar-refractivity contribution is -0.144. The second-order valence-electron chi connectivity index (χ2n) is 4.21. The van der Waals surface area contributed by atoms with E-state index in [1.807, 2.05) is 19.9 Å². The highest BCUT2D eigenvalue weighted by Crippen LogP contribution is 2.11. The van der Waals surface area contributed by atoms with Gasteiger partial charge in [-0.3, -0.25) is 15.1 Å². The lowest BCUT2D eigenvalue weighted by atomic mass is 9.99. The van der Waals surface area contributed by atoms with Crippen LogP contribution in [0.2, 0.25) is 0 Å². The molecule has 2 N–H and O–H groups in total. The summed E-state index contributed by atoms with van der Waals surface area (Å²) in [6.07, 6.45) is 4.07. The van der Waals surface area contributed by atoms with Crippen LogP contribution >= 0.6 is 0 Å². The van der Waals surface area contributed by atoms with E-state index in [0.29, 0.717) is 13.0 Å². The highest BCUT2D eigenvalue weighted by atomic mass is 16.4. The summed E-state index contributed by atoms with van der Waals surface area (Å²) >= 11 is 0. The highest BCUT2D eigenvalue weighted by molar-refractivity contribution is 5.78. The zero-order chi connectivity index (χ0) is 12.2. The van der Waals surface area contributed by atoms with Gasteiger partial charge >= 0.3 is 5.97 Å². The number of rotatable bonds is 5. The third-order valence-corrected chi connectivity index (χ3v) is 2.79. The van der Waals surface area contributed by atoms with Crippen molar-refractivity contribution in [3.05, 3.63) is 29.6 Å². The smallest absolute Gasteiger partial charge is 0.323 e. The largest absolute Gasteiger partial charge is 0.480 e. The lowest BCUT2D eigenvalue weighted by Gasteiger charge is -2.24. The summed E-state index contributed by atoms with van der Waals surface area (Å²) in [7, 11) is 0. The Morgan fingerprint density at radius 3 is 2.75 bits per heavy atom. The third-order valence-electron chi connectivity index (χ3n) is 2.79. The Hall–Kier alpha value is -1.42. The molecule has 1 aromatic heterocycles. The van der Waals surface area contributed by atoms with Crippen LogP contribution in [0, 0.1) is 6.92 Å². The number of hydrogen-bond donors (Lipinski definition) is 2. The molecule has 1 unspecified atom stereocenters. The fourth-order valence-corrected chi connectivity index (χ4v) is 1.36. The van der Waals surface area contributed by atoms with Crippen molar-refractivity contribution in [2.24, 2.45) is 0 Å². The van der Waals surface area contributed by atoms with E-state index in [9.17, 15) is 4.79 Å². The van der Waals surface area contributed by atoms with Gasteiger partial charge in [0.05, 0.1) is 0 Å². The molecule has 4 nitrogen and oxygen atoms in total.